The summed E-state index contributed by atoms with van der Waals surface area (Å²) in [4.78, 5) is 15.0. The van der Waals surface area contributed by atoms with Crippen molar-refractivity contribution in [3.63, 3.8) is 0 Å². The van der Waals surface area contributed by atoms with E-state index in [-0.39, 0.29) is 17.3 Å². The smallest absolute Gasteiger partial charge is 0.235 e. The van der Waals surface area contributed by atoms with Gasteiger partial charge in [0.15, 0.2) is 0 Å². The molecule has 2 saturated heterocycles. The molecule has 7 nitrogen and oxygen atoms in total. The van der Waals surface area contributed by atoms with Gasteiger partial charge in [0.25, 0.3) is 0 Å². The third kappa shape index (κ3) is 5.36. The fraction of sp³-hybridized carbons (Fsp3) is 0.619. The third-order valence-corrected chi connectivity index (χ3v) is 6.88. The number of hydrogen-bond donors (Lipinski definition) is 0. The van der Waals surface area contributed by atoms with E-state index >= 15 is 0 Å². The number of benzene rings is 1. The SMILES string of the molecule is C[C@H](Sc1nnnn1C[C@H]1CCCO1)C(=O)N1CCC(Cc2ccccc2)CC1. The van der Waals surface area contributed by atoms with Gasteiger partial charge in [-0.2, -0.15) is 0 Å². The fourth-order valence-electron chi connectivity index (χ4n) is 4.15. The number of likely N-dealkylation sites (tertiary alicyclic amines) is 1. The zero-order valence-electron chi connectivity index (χ0n) is 16.9. The van der Waals surface area contributed by atoms with Gasteiger partial charge in [-0.05, 0) is 60.9 Å². The second kappa shape index (κ2) is 9.71. The normalized spacial score (nSPS) is 21.4. The van der Waals surface area contributed by atoms with Crippen LogP contribution >= 0.6 is 11.8 Å². The summed E-state index contributed by atoms with van der Waals surface area (Å²) in [5.41, 5.74) is 1.39. The summed E-state index contributed by atoms with van der Waals surface area (Å²) in [6, 6.07) is 10.6. The molecule has 0 radical (unpaired) electrons. The molecule has 1 aromatic carbocycles. The molecular weight excluding hydrogens is 386 g/mol. The van der Waals surface area contributed by atoms with Crippen LogP contribution in [0.15, 0.2) is 35.5 Å². The van der Waals surface area contributed by atoms with Gasteiger partial charge in [0.05, 0.1) is 17.9 Å². The average molecular weight is 416 g/mol. The molecule has 8 heteroatoms. The number of thioether (sulfide) groups is 1. The van der Waals surface area contributed by atoms with Crippen LogP contribution in [0.5, 0.6) is 0 Å². The first-order chi connectivity index (χ1) is 14.2. The zero-order chi connectivity index (χ0) is 20.1. The van der Waals surface area contributed by atoms with Crippen molar-refractivity contribution in [1.82, 2.24) is 25.1 Å². The van der Waals surface area contributed by atoms with Gasteiger partial charge in [0, 0.05) is 19.7 Å². The van der Waals surface area contributed by atoms with Crippen molar-refractivity contribution in [2.24, 2.45) is 5.92 Å². The van der Waals surface area contributed by atoms with Crippen molar-refractivity contribution in [2.75, 3.05) is 19.7 Å². The van der Waals surface area contributed by atoms with Gasteiger partial charge in [-0.25, -0.2) is 4.68 Å². The van der Waals surface area contributed by atoms with E-state index in [0.717, 1.165) is 51.8 Å². The van der Waals surface area contributed by atoms with Gasteiger partial charge in [-0.3, -0.25) is 4.79 Å². The standard InChI is InChI=1S/C21H29N5O2S/c1-16(29-21-22-23-24-26(21)15-19-8-5-13-28-19)20(27)25-11-9-18(10-12-25)14-17-6-3-2-4-7-17/h2-4,6-7,16,18-19H,5,8-15H2,1H3/t16-,19+/m0/s1. The van der Waals surface area contributed by atoms with E-state index in [2.05, 4.69) is 45.9 Å². The van der Waals surface area contributed by atoms with Gasteiger partial charge in [0.1, 0.15) is 0 Å². The number of carbonyl (C=O) groups is 1. The number of nitrogens with zero attached hydrogens (tertiary/aromatic N) is 5. The van der Waals surface area contributed by atoms with Crippen LogP contribution in [0.1, 0.15) is 38.2 Å². The molecule has 0 spiro atoms. The van der Waals surface area contributed by atoms with E-state index in [1.165, 1.54) is 17.3 Å². The molecule has 0 bridgehead atoms. The van der Waals surface area contributed by atoms with Crippen LogP contribution in [0.3, 0.4) is 0 Å². The lowest BCUT2D eigenvalue weighted by atomic mass is 9.90. The van der Waals surface area contributed by atoms with Crippen molar-refractivity contribution in [3.05, 3.63) is 35.9 Å². The highest BCUT2D eigenvalue weighted by atomic mass is 32.2. The summed E-state index contributed by atoms with van der Waals surface area (Å²) in [6.07, 6.45) is 5.53. The minimum absolute atomic E-state index is 0.174. The second-order valence-corrected chi connectivity index (χ2v) is 9.31. The first-order valence-corrected chi connectivity index (χ1v) is 11.4. The minimum atomic E-state index is -0.199. The highest BCUT2D eigenvalue weighted by Crippen LogP contribution is 2.27. The van der Waals surface area contributed by atoms with Crippen molar-refractivity contribution < 1.29 is 9.53 Å². The van der Waals surface area contributed by atoms with Gasteiger partial charge in [-0.15, -0.1) is 5.10 Å². The summed E-state index contributed by atoms with van der Waals surface area (Å²) in [7, 11) is 0. The van der Waals surface area contributed by atoms with Gasteiger partial charge >= 0.3 is 0 Å². The number of piperidine rings is 1. The molecule has 0 saturated carbocycles. The van der Waals surface area contributed by atoms with Crippen LogP contribution in [-0.4, -0.2) is 62.1 Å². The Morgan fingerprint density at radius 2 is 2.03 bits per heavy atom. The molecule has 2 atom stereocenters. The maximum Gasteiger partial charge on any atom is 0.235 e. The largest absolute Gasteiger partial charge is 0.376 e. The minimum Gasteiger partial charge on any atom is -0.376 e. The Bertz CT molecular complexity index is 785. The molecule has 0 aliphatic carbocycles. The number of rotatable bonds is 7. The molecule has 0 N–H and O–H groups in total. The molecule has 2 aromatic rings. The van der Waals surface area contributed by atoms with Gasteiger partial charge in [0.2, 0.25) is 11.1 Å². The summed E-state index contributed by atoms with van der Waals surface area (Å²) in [5, 5.41) is 12.5. The number of tetrazole rings is 1. The van der Waals surface area contributed by atoms with Crippen molar-refractivity contribution in [2.45, 2.75) is 62.1 Å². The Morgan fingerprint density at radius 3 is 2.76 bits per heavy atom. The Labute approximate surface area is 176 Å². The lowest BCUT2D eigenvalue weighted by Gasteiger charge is -2.33. The van der Waals surface area contributed by atoms with Crippen LogP contribution in [-0.2, 0) is 22.5 Å². The molecule has 3 heterocycles. The first kappa shape index (κ1) is 20.3. The van der Waals surface area contributed by atoms with E-state index in [4.69, 9.17) is 4.74 Å². The van der Waals surface area contributed by atoms with Crippen LogP contribution < -0.4 is 0 Å². The summed E-state index contributed by atoms with van der Waals surface area (Å²) < 4.78 is 7.45. The summed E-state index contributed by atoms with van der Waals surface area (Å²) in [5.74, 6) is 0.836. The van der Waals surface area contributed by atoms with E-state index < -0.39 is 0 Å². The molecule has 156 valence electrons. The zero-order valence-corrected chi connectivity index (χ0v) is 17.8. The lowest BCUT2D eigenvalue weighted by molar-refractivity contribution is -0.131. The van der Waals surface area contributed by atoms with Crippen molar-refractivity contribution in [1.29, 1.82) is 0 Å². The number of aromatic nitrogens is 4. The maximum atomic E-state index is 12.9. The van der Waals surface area contributed by atoms with Crippen molar-refractivity contribution in [3.8, 4) is 0 Å². The number of carbonyl (C=O) groups excluding carboxylic acids is 1. The third-order valence-electron chi connectivity index (χ3n) is 5.82. The fourth-order valence-corrected chi connectivity index (χ4v) is 5.03. The van der Waals surface area contributed by atoms with Gasteiger partial charge < -0.3 is 9.64 Å². The molecule has 0 unspecified atom stereocenters. The molecule has 2 fully saturated rings. The lowest BCUT2D eigenvalue weighted by Crippen LogP contribution is -2.42. The average Bonchev–Trinajstić information content (AvgIpc) is 3.42. The molecule has 2 aliphatic rings. The van der Waals surface area contributed by atoms with Crippen LogP contribution in [0.2, 0.25) is 0 Å². The Hall–Kier alpha value is -1.93. The summed E-state index contributed by atoms with van der Waals surface area (Å²) >= 11 is 1.45. The Balaban J connectivity index is 1.26. The molecular formula is C21H29N5O2S. The first-order valence-electron chi connectivity index (χ1n) is 10.6. The summed E-state index contributed by atoms with van der Waals surface area (Å²) in [6.45, 7) is 5.09. The molecule has 1 aromatic heterocycles. The number of ether oxygens (including phenoxy) is 1. The van der Waals surface area contributed by atoms with Crippen LogP contribution in [0, 0.1) is 5.92 Å². The topological polar surface area (TPSA) is 73.1 Å². The molecule has 29 heavy (non-hydrogen) atoms. The predicted octanol–water partition coefficient (Wildman–Crippen LogP) is 2.81. The second-order valence-electron chi connectivity index (χ2n) is 8.00. The Kier molecular flexibility index (Phi) is 6.82. The number of hydrogen-bond acceptors (Lipinski definition) is 6. The van der Waals surface area contributed by atoms with Gasteiger partial charge in [-0.1, -0.05) is 42.1 Å². The predicted molar refractivity (Wildman–Crippen MR) is 112 cm³/mol. The highest BCUT2D eigenvalue weighted by molar-refractivity contribution is 8.00. The van der Waals surface area contributed by atoms with E-state index in [1.54, 1.807) is 4.68 Å². The van der Waals surface area contributed by atoms with Crippen LogP contribution in [0.25, 0.3) is 0 Å². The molecule has 1 amide bonds. The van der Waals surface area contributed by atoms with E-state index in [1.807, 2.05) is 11.8 Å². The van der Waals surface area contributed by atoms with E-state index in [9.17, 15) is 4.79 Å². The van der Waals surface area contributed by atoms with E-state index in [0.29, 0.717) is 17.6 Å². The van der Waals surface area contributed by atoms with Crippen LogP contribution in [0.4, 0.5) is 0 Å². The maximum absolute atomic E-state index is 12.9. The Morgan fingerprint density at radius 1 is 1.24 bits per heavy atom. The molecule has 4 rings (SSSR count). The quantitative estimate of drug-likeness (QED) is 0.648. The monoisotopic (exact) mass is 415 g/mol. The number of amides is 1. The van der Waals surface area contributed by atoms with Crippen molar-refractivity contribution >= 4 is 17.7 Å². The highest BCUT2D eigenvalue weighted by Gasteiger charge is 2.28. The molecule has 2 aliphatic heterocycles.